The fraction of sp³-hybridized carbons (Fsp3) is 1.00. The van der Waals surface area contributed by atoms with Crippen molar-refractivity contribution in [3.8, 4) is 0 Å². The van der Waals surface area contributed by atoms with Gasteiger partial charge in [-0.05, 0) is 10.8 Å². The highest BCUT2D eigenvalue weighted by atomic mass is 17.1. The summed E-state index contributed by atoms with van der Waals surface area (Å²) in [5.74, 6) is 0. The molecule has 0 saturated heterocycles. The van der Waals surface area contributed by atoms with E-state index < -0.39 is 0 Å². The lowest BCUT2D eigenvalue weighted by Crippen LogP contribution is -2.49. The predicted octanol–water partition coefficient (Wildman–Crippen LogP) is 4.35. The van der Waals surface area contributed by atoms with E-state index in [4.69, 9.17) is 5.26 Å². The number of hydrogen-bond donors (Lipinski definition) is 1. The highest BCUT2D eigenvalue weighted by Crippen LogP contribution is 2.54. The van der Waals surface area contributed by atoms with Crippen molar-refractivity contribution in [2.45, 2.75) is 61.3 Å². The molecule has 2 nitrogen and oxygen atoms in total. The molecule has 0 aliphatic carbocycles. The standard InChI is InChI=1S/C13H28O2/c1-8-11(3,4)13(7,10-15-14)12(5,6)9-2/h14H,8-10H2,1-7H3. The lowest BCUT2D eigenvalue weighted by Gasteiger charge is -2.53. The third-order valence-corrected chi connectivity index (χ3v) is 5.11. The third-order valence-electron chi connectivity index (χ3n) is 5.11. The van der Waals surface area contributed by atoms with Gasteiger partial charge in [0, 0.05) is 5.41 Å². The van der Waals surface area contributed by atoms with Crippen molar-refractivity contribution in [1.29, 1.82) is 0 Å². The first-order chi connectivity index (χ1) is 6.68. The Balaban J connectivity index is 5.23. The molecular formula is C13H28O2. The Kier molecular flexibility index (Phi) is 4.81. The molecule has 0 amide bonds. The van der Waals surface area contributed by atoms with Crippen LogP contribution in [0.2, 0.25) is 0 Å². The zero-order chi connectivity index (χ0) is 12.3. The molecule has 0 radical (unpaired) electrons. The van der Waals surface area contributed by atoms with Gasteiger partial charge in [-0.3, -0.25) is 5.26 Å². The Morgan fingerprint density at radius 2 is 1.20 bits per heavy atom. The Hall–Kier alpha value is -0.0800. The van der Waals surface area contributed by atoms with Crippen molar-refractivity contribution < 1.29 is 10.1 Å². The maximum Gasteiger partial charge on any atom is 0.0883 e. The van der Waals surface area contributed by atoms with Crippen molar-refractivity contribution in [3.05, 3.63) is 0 Å². The van der Waals surface area contributed by atoms with Crippen LogP contribution in [0.15, 0.2) is 0 Å². The molecule has 0 spiro atoms. The minimum Gasteiger partial charge on any atom is -0.252 e. The average molecular weight is 216 g/mol. The second-order valence-corrected chi connectivity index (χ2v) is 6.08. The first-order valence-electron chi connectivity index (χ1n) is 5.95. The summed E-state index contributed by atoms with van der Waals surface area (Å²) in [7, 11) is 0. The summed E-state index contributed by atoms with van der Waals surface area (Å²) in [5, 5.41) is 8.82. The number of hydrogen-bond acceptors (Lipinski definition) is 2. The van der Waals surface area contributed by atoms with Crippen LogP contribution in [0.3, 0.4) is 0 Å². The van der Waals surface area contributed by atoms with Gasteiger partial charge in [-0.15, -0.1) is 0 Å². The Morgan fingerprint density at radius 3 is 1.40 bits per heavy atom. The highest BCUT2D eigenvalue weighted by Gasteiger charge is 2.49. The molecule has 0 fully saturated rings. The molecular weight excluding hydrogens is 188 g/mol. The molecule has 0 aliphatic heterocycles. The zero-order valence-corrected chi connectivity index (χ0v) is 11.5. The van der Waals surface area contributed by atoms with Crippen LogP contribution in [0.4, 0.5) is 0 Å². The van der Waals surface area contributed by atoms with E-state index in [-0.39, 0.29) is 16.2 Å². The van der Waals surface area contributed by atoms with Crippen LogP contribution in [0.5, 0.6) is 0 Å². The van der Waals surface area contributed by atoms with Gasteiger partial charge in [0.1, 0.15) is 0 Å². The molecule has 0 saturated carbocycles. The van der Waals surface area contributed by atoms with Gasteiger partial charge < -0.3 is 0 Å². The van der Waals surface area contributed by atoms with E-state index in [2.05, 4.69) is 53.4 Å². The van der Waals surface area contributed by atoms with E-state index in [9.17, 15) is 0 Å². The molecule has 0 rings (SSSR count). The summed E-state index contributed by atoms with van der Waals surface area (Å²) in [6.07, 6.45) is 2.16. The quantitative estimate of drug-likeness (QED) is 0.528. The van der Waals surface area contributed by atoms with Crippen molar-refractivity contribution >= 4 is 0 Å². The molecule has 15 heavy (non-hydrogen) atoms. The maximum absolute atomic E-state index is 8.82. The molecule has 0 atom stereocenters. The summed E-state index contributed by atoms with van der Waals surface area (Å²) >= 11 is 0. The highest BCUT2D eigenvalue weighted by molar-refractivity contribution is 4.98. The van der Waals surface area contributed by atoms with E-state index in [1.54, 1.807) is 0 Å². The van der Waals surface area contributed by atoms with Gasteiger partial charge in [0.15, 0.2) is 0 Å². The fourth-order valence-corrected chi connectivity index (χ4v) is 2.22. The second kappa shape index (κ2) is 4.84. The average Bonchev–Trinajstić information content (AvgIpc) is 2.17. The van der Waals surface area contributed by atoms with Crippen LogP contribution in [0.1, 0.15) is 61.3 Å². The lowest BCUT2D eigenvalue weighted by atomic mass is 9.52. The molecule has 0 aromatic rings. The first kappa shape index (κ1) is 14.9. The number of rotatable bonds is 6. The minimum absolute atomic E-state index is 0.0295. The maximum atomic E-state index is 8.82. The van der Waals surface area contributed by atoms with Gasteiger partial charge in [-0.2, -0.15) is 0 Å². The Bertz CT molecular complexity index is 179. The van der Waals surface area contributed by atoms with Crippen molar-refractivity contribution in [2.75, 3.05) is 6.61 Å². The molecule has 0 bridgehead atoms. The van der Waals surface area contributed by atoms with Crippen LogP contribution >= 0.6 is 0 Å². The van der Waals surface area contributed by atoms with Gasteiger partial charge >= 0.3 is 0 Å². The third kappa shape index (κ3) is 2.54. The predicted molar refractivity (Wildman–Crippen MR) is 64.8 cm³/mol. The second-order valence-electron chi connectivity index (χ2n) is 6.08. The summed E-state index contributed by atoms with van der Waals surface area (Å²) in [5.41, 5.74) is 0.267. The van der Waals surface area contributed by atoms with E-state index >= 15 is 0 Å². The molecule has 0 aliphatic rings. The lowest BCUT2D eigenvalue weighted by molar-refractivity contribution is -0.285. The van der Waals surface area contributed by atoms with Gasteiger partial charge in [0.05, 0.1) is 6.61 Å². The van der Waals surface area contributed by atoms with Gasteiger partial charge in [-0.1, -0.05) is 61.3 Å². The molecule has 1 N–H and O–H groups in total. The molecule has 0 aromatic carbocycles. The monoisotopic (exact) mass is 216 g/mol. The van der Waals surface area contributed by atoms with Gasteiger partial charge in [-0.25, -0.2) is 4.89 Å². The largest absolute Gasteiger partial charge is 0.252 e. The minimum atomic E-state index is -0.0295. The molecule has 92 valence electrons. The summed E-state index contributed by atoms with van der Waals surface area (Å²) < 4.78 is 0. The van der Waals surface area contributed by atoms with E-state index in [0.29, 0.717) is 6.61 Å². The Morgan fingerprint density at radius 1 is 0.867 bits per heavy atom. The fourth-order valence-electron chi connectivity index (χ4n) is 2.22. The summed E-state index contributed by atoms with van der Waals surface area (Å²) in [4.78, 5) is 4.48. The van der Waals surface area contributed by atoms with Crippen LogP contribution in [-0.2, 0) is 4.89 Å². The van der Waals surface area contributed by atoms with E-state index in [1.807, 2.05) is 0 Å². The van der Waals surface area contributed by atoms with Gasteiger partial charge in [0.25, 0.3) is 0 Å². The molecule has 2 heteroatoms. The van der Waals surface area contributed by atoms with Crippen molar-refractivity contribution in [2.24, 2.45) is 16.2 Å². The first-order valence-corrected chi connectivity index (χ1v) is 5.95. The van der Waals surface area contributed by atoms with E-state index in [0.717, 1.165) is 12.8 Å². The molecule has 0 unspecified atom stereocenters. The van der Waals surface area contributed by atoms with E-state index in [1.165, 1.54) is 0 Å². The van der Waals surface area contributed by atoms with Crippen LogP contribution in [-0.4, -0.2) is 11.9 Å². The SMILES string of the molecule is CCC(C)(C)C(C)(COO)C(C)(C)CC. The van der Waals surface area contributed by atoms with Gasteiger partial charge in [0.2, 0.25) is 0 Å². The molecule has 0 heterocycles. The summed E-state index contributed by atoms with van der Waals surface area (Å²) in [6.45, 7) is 16.0. The zero-order valence-electron chi connectivity index (χ0n) is 11.5. The topological polar surface area (TPSA) is 29.5 Å². The molecule has 0 aromatic heterocycles. The normalized spacial score (nSPS) is 14.4. The van der Waals surface area contributed by atoms with Crippen molar-refractivity contribution in [3.63, 3.8) is 0 Å². The van der Waals surface area contributed by atoms with Crippen LogP contribution in [0.25, 0.3) is 0 Å². The van der Waals surface area contributed by atoms with Crippen LogP contribution in [0, 0.1) is 16.2 Å². The Labute approximate surface area is 95.0 Å². The summed E-state index contributed by atoms with van der Waals surface area (Å²) in [6, 6.07) is 0. The van der Waals surface area contributed by atoms with Crippen LogP contribution < -0.4 is 0 Å². The van der Waals surface area contributed by atoms with Crippen molar-refractivity contribution in [1.82, 2.24) is 0 Å². The smallest absolute Gasteiger partial charge is 0.0883 e.